The van der Waals surface area contributed by atoms with Crippen LogP contribution in [0.3, 0.4) is 0 Å². The molecule has 320 valence electrons. The van der Waals surface area contributed by atoms with Crippen molar-refractivity contribution in [3.05, 3.63) is 131 Å². The van der Waals surface area contributed by atoms with Crippen molar-refractivity contribution in [2.24, 2.45) is 22.9 Å². The van der Waals surface area contributed by atoms with Gasteiger partial charge in [0.25, 0.3) is 5.69 Å². The van der Waals surface area contributed by atoms with Gasteiger partial charge in [-0.15, -0.1) is 6.58 Å². The van der Waals surface area contributed by atoms with Crippen molar-refractivity contribution in [2.75, 3.05) is 33.0 Å². The van der Waals surface area contributed by atoms with Crippen molar-refractivity contribution in [3.63, 3.8) is 0 Å². The number of benzene rings is 3. The molecule has 6 rings (SSSR count). The second-order valence-electron chi connectivity index (χ2n) is 15.4. The molecule has 13 heteroatoms. The molecular weight excluding hydrogens is 767 g/mol. The second-order valence-corrected chi connectivity index (χ2v) is 15.4. The fourth-order valence-corrected chi connectivity index (χ4v) is 9.06. The third-order valence-corrected chi connectivity index (χ3v) is 11.6. The number of rotatable bonds is 22. The zero-order chi connectivity index (χ0) is 42.5. The Bertz CT molecular complexity index is 1990. The monoisotopic (exact) mass is 823 g/mol. The highest BCUT2D eigenvalue weighted by atomic mass is 16.7. The summed E-state index contributed by atoms with van der Waals surface area (Å²) in [7, 11) is 0. The quantitative estimate of drug-likeness (QED) is 0.0433. The van der Waals surface area contributed by atoms with E-state index < -0.39 is 28.8 Å². The summed E-state index contributed by atoms with van der Waals surface area (Å²) >= 11 is 0. The number of aliphatic hydroxyl groups excluding tert-OH is 2. The predicted molar refractivity (Wildman–Crippen MR) is 228 cm³/mol. The van der Waals surface area contributed by atoms with E-state index in [2.05, 4.69) is 19.2 Å². The van der Waals surface area contributed by atoms with Crippen LogP contribution < -0.4 is 14.2 Å². The van der Waals surface area contributed by atoms with Crippen molar-refractivity contribution in [2.45, 2.75) is 82.6 Å². The van der Waals surface area contributed by atoms with Crippen LogP contribution in [0.2, 0.25) is 0 Å². The van der Waals surface area contributed by atoms with E-state index in [1.807, 2.05) is 55.5 Å². The lowest BCUT2D eigenvalue weighted by Crippen LogP contribution is -2.70. The SMILES string of the molecule is C=CCOc1ccc2c(c1)C1C(CCCCO)C(CCCCO)C=C3C(=NOCc4ccccc4)CC(N(CCC)C(=O)Oc4ccc([N+](=O)[O-])cc4)C(OCC=C)(O2)C31. The van der Waals surface area contributed by atoms with Gasteiger partial charge in [-0.05, 0) is 85.4 Å². The molecule has 0 aromatic heterocycles. The van der Waals surface area contributed by atoms with Gasteiger partial charge in [0.2, 0.25) is 5.79 Å². The number of fused-ring (bicyclic) bond motifs is 2. The van der Waals surface area contributed by atoms with Crippen LogP contribution in [0.1, 0.15) is 75.3 Å². The maximum atomic E-state index is 14.6. The van der Waals surface area contributed by atoms with Crippen molar-refractivity contribution in [1.29, 1.82) is 0 Å². The first kappa shape index (κ1) is 44.1. The minimum Gasteiger partial charge on any atom is -0.490 e. The lowest BCUT2D eigenvalue weighted by Gasteiger charge is -2.59. The number of carbonyl (C=O) groups is 1. The fourth-order valence-electron chi connectivity index (χ4n) is 9.06. The molecule has 1 aliphatic heterocycles. The Hall–Kier alpha value is -5.50. The minimum atomic E-state index is -1.48. The van der Waals surface area contributed by atoms with Crippen LogP contribution in [-0.4, -0.2) is 76.6 Å². The third-order valence-electron chi connectivity index (χ3n) is 11.6. The van der Waals surface area contributed by atoms with Gasteiger partial charge >= 0.3 is 6.09 Å². The summed E-state index contributed by atoms with van der Waals surface area (Å²) in [4.78, 5) is 33.3. The molecule has 1 fully saturated rings. The predicted octanol–water partition coefficient (Wildman–Crippen LogP) is 8.90. The van der Waals surface area contributed by atoms with E-state index >= 15 is 0 Å². The highest BCUT2D eigenvalue weighted by molar-refractivity contribution is 6.03. The molecule has 0 saturated heterocycles. The smallest absolute Gasteiger partial charge is 0.415 e. The van der Waals surface area contributed by atoms with Gasteiger partial charge in [0.05, 0.1) is 23.2 Å². The highest BCUT2D eigenvalue weighted by Gasteiger charge is 2.65. The highest BCUT2D eigenvalue weighted by Crippen LogP contribution is 2.62. The number of nitrogens with zero attached hydrogens (tertiary/aromatic N) is 3. The van der Waals surface area contributed by atoms with Crippen molar-refractivity contribution in [3.8, 4) is 17.2 Å². The molecule has 1 amide bonds. The molecule has 1 heterocycles. The molecule has 0 bridgehead atoms. The van der Waals surface area contributed by atoms with Gasteiger partial charge in [-0.3, -0.25) is 15.0 Å². The molecule has 2 aliphatic carbocycles. The molecule has 3 aliphatic rings. The van der Waals surface area contributed by atoms with Gasteiger partial charge in [-0.1, -0.05) is 80.1 Å². The number of unbranched alkanes of at least 4 members (excludes halogenated alkanes) is 2. The number of carbonyl (C=O) groups excluding carboxylic acids is 1. The molecule has 2 N–H and O–H groups in total. The first-order chi connectivity index (χ1) is 29.3. The van der Waals surface area contributed by atoms with E-state index in [0.717, 1.165) is 42.4 Å². The Kier molecular flexibility index (Phi) is 15.5. The van der Waals surface area contributed by atoms with E-state index in [1.165, 1.54) is 24.3 Å². The summed E-state index contributed by atoms with van der Waals surface area (Å²) in [5.74, 6) is -0.736. The maximum absolute atomic E-state index is 14.6. The van der Waals surface area contributed by atoms with Crippen molar-refractivity contribution >= 4 is 17.5 Å². The summed E-state index contributed by atoms with van der Waals surface area (Å²) in [5.41, 5.74) is 3.32. The Labute approximate surface area is 352 Å². The van der Waals surface area contributed by atoms with E-state index in [1.54, 1.807) is 17.1 Å². The van der Waals surface area contributed by atoms with Crippen LogP contribution >= 0.6 is 0 Å². The molecule has 6 unspecified atom stereocenters. The first-order valence-corrected chi connectivity index (χ1v) is 21.0. The van der Waals surface area contributed by atoms with Gasteiger partial charge in [0.1, 0.15) is 36.5 Å². The number of ether oxygens (including phenoxy) is 4. The zero-order valence-electron chi connectivity index (χ0n) is 34.4. The summed E-state index contributed by atoms with van der Waals surface area (Å²) in [6.45, 7) is 10.9. The number of hydrogen-bond acceptors (Lipinski definition) is 11. The lowest BCUT2D eigenvalue weighted by atomic mass is 9.55. The molecule has 6 atom stereocenters. The van der Waals surface area contributed by atoms with E-state index in [0.29, 0.717) is 43.1 Å². The van der Waals surface area contributed by atoms with Crippen LogP contribution in [-0.2, 0) is 16.2 Å². The number of non-ortho nitro benzene ring substituents is 1. The number of aliphatic hydroxyl groups is 2. The molecule has 0 spiro atoms. The molecule has 3 aromatic carbocycles. The van der Waals surface area contributed by atoms with E-state index in [4.69, 9.17) is 28.9 Å². The first-order valence-electron chi connectivity index (χ1n) is 21.0. The topological polar surface area (TPSA) is 162 Å². The number of amides is 1. The van der Waals surface area contributed by atoms with Crippen LogP contribution in [0.5, 0.6) is 17.2 Å². The van der Waals surface area contributed by atoms with Gasteiger partial charge in [0, 0.05) is 49.8 Å². The van der Waals surface area contributed by atoms with Gasteiger partial charge in [-0.2, -0.15) is 0 Å². The number of oxime groups is 1. The molecule has 0 radical (unpaired) electrons. The standard InChI is InChI=1S/C47H57N3O10/c1-4-24-49(46(53)59-36-20-18-35(19-21-36)50(54)55)43-31-41(48-58-32-33-14-8-7-9-15-33)39-29-34(16-10-12-25-51)38(17-11-13-26-52)44-40-30-37(56-27-5-2)22-23-42(40)60-47(43,45(39)44)57-28-6-3/h5-9,14-15,18-23,29-30,34,38,43-45,51-52H,2-4,10-13,16-17,24-28,31-32H2,1H3. The third kappa shape index (κ3) is 9.92. The van der Waals surface area contributed by atoms with Crippen molar-refractivity contribution < 1.29 is 43.7 Å². The Balaban J connectivity index is 1.56. The summed E-state index contributed by atoms with van der Waals surface area (Å²) in [6, 6.07) is 20.1. The average molecular weight is 824 g/mol. The number of allylic oxidation sites excluding steroid dienone is 1. The summed E-state index contributed by atoms with van der Waals surface area (Å²) in [5, 5.41) is 36.0. The molecule has 60 heavy (non-hydrogen) atoms. The van der Waals surface area contributed by atoms with Gasteiger partial charge < -0.3 is 34.0 Å². The lowest BCUT2D eigenvalue weighted by molar-refractivity contribution is -0.384. The number of nitro benzene ring substituents is 1. The Morgan fingerprint density at radius 1 is 0.983 bits per heavy atom. The van der Waals surface area contributed by atoms with Gasteiger partial charge in [0.15, 0.2) is 0 Å². The fraction of sp³-hybridized carbons (Fsp3) is 0.447. The van der Waals surface area contributed by atoms with E-state index in [9.17, 15) is 25.1 Å². The van der Waals surface area contributed by atoms with Crippen LogP contribution in [0.4, 0.5) is 10.5 Å². The van der Waals surface area contributed by atoms with Gasteiger partial charge in [-0.25, -0.2) is 4.79 Å². The molecular formula is C47H57N3O10. The average Bonchev–Trinajstić information content (AvgIpc) is 3.26. The molecule has 3 aromatic rings. The van der Waals surface area contributed by atoms with Crippen LogP contribution in [0.15, 0.2) is 115 Å². The molecule has 1 saturated carbocycles. The van der Waals surface area contributed by atoms with Crippen molar-refractivity contribution in [1.82, 2.24) is 4.90 Å². The van der Waals surface area contributed by atoms with Crippen LogP contribution in [0.25, 0.3) is 0 Å². The number of nitro groups is 1. The van der Waals surface area contributed by atoms with Crippen LogP contribution in [0, 0.1) is 27.9 Å². The number of hydrogen-bond donors (Lipinski definition) is 2. The Morgan fingerprint density at radius 2 is 1.70 bits per heavy atom. The zero-order valence-corrected chi connectivity index (χ0v) is 34.4. The summed E-state index contributed by atoms with van der Waals surface area (Å²) < 4.78 is 26.3. The molecule has 13 nitrogen and oxygen atoms in total. The largest absolute Gasteiger partial charge is 0.490 e. The Morgan fingerprint density at radius 3 is 2.38 bits per heavy atom. The second kappa shape index (κ2) is 21.1. The van der Waals surface area contributed by atoms with E-state index in [-0.39, 0.29) is 68.6 Å². The normalized spacial score (nSPS) is 23.3. The maximum Gasteiger partial charge on any atom is 0.415 e. The minimum absolute atomic E-state index is 0.0323. The summed E-state index contributed by atoms with van der Waals surface area (Å²) in [6.07, 6.45) is 10.2.